The molecule has 0 bridgehead atoms. The fourth-order valence-electron chi connectivity index (χ4n) is 3.88. The van der Waals surface area contributed by atoms with Gasteiger partial charge in [-0.2, -0.15) is 4.39 Å². The molecule has 0 aliphatic carbocycles. The number of rotatable bonds is 5. The number of nitrogens with one attached hydrogen (secondary N) is 1. The highest BCUT2D eigenvalue weighted by Gasteiger charge is 2.21. The standard InChI is InChI=1S/C22H18FN5O4/c1-31-20-10-15(23)18(28(29)30)11-17(20)26-22-24-7-6-16(25-22)14-12-27-8-3-9-32-19-5-2-4-13(14)21(19)27/h2,4-7,10-12H,3,8-9H2,1H3,(H,24,25,26). The van der Waals surface area contributed by atoms with Crippen molar-refractivity contribution in [2.75, 3.05) is 19.0 Å². The van der Waals surface area contributed by atoms with Crippen LogP contribution in [0.4, 0.5) is 21.7 Å². The number of nitro benzene ring substituents is 1. The molecule has 0 amide bonds. The Morgan fingerprint density at radius 3 is 3.00 bits per heavy atom. The minimum absolute atomic E-state index is 0.0997. The van der Waals surface area contributed by atoms with Crippen molar-refractivity contribution >= 4 is 28.2 Å². The van der Waals surface area contributed by atoms with Crippen molar-refractivity contribution in [2.45, 2.75) is 13.0 Å². The largest absolute Gasteiger partial charge is 0.494 e. The number of hydrogen-bond acceptors (Lipinski definition) is 7. The number of aryl methyl sites for hydroxylation is 1. The summed E-state index contributed by atoms with van der Waals surface area (Å²) in [6.07, 6.45) is 4.53. The van der Waals surface area contributed by atoms with Crippen LogP contribution in [0.2, 0.25) is 0 Å². The highest BCUT2D eigenvalue weighted by atomic mass is 19.1. The molecule has 1 aliphatic heterocycles. The van der Waals surface area contributed by atoms with Crippen molar-refractivity contribution in [3.63, 3.8) is 0 Å². The minimum atomic E-state index is -0.987. The quantitative estimate of drug-likeness (QED) is 0.358. The van der Waals surface area contributed by atoms with Crippen LogP contribution in [0.15, 0.2) is 48.8 Å². The van der Waals surface area contributed by atoms with Gasteiger partial charge >= 0.3 is 5.69 Å². The van der Waals surface area contributed by atoms with Crippen LogP contribution >= 0.6 is 0 Å². The molecular weight excluding hydrogens is 417 g/mol. The van der Waals surface area contributed by atoms with Gasteiger partial charge in [0.15, 0.2) is 0 Å². The van der Waals surface area contributed by atoms with Gasteiger partial charge in [0, 0.05) is 42.0 Å². The van der Waals surface area contributed by atoms with Gasteiger partial charge in [0.25, 0.3) is 0 Å². The zero-order valence-electron chi connectivity index (χ0n) is 17.0. The zero-order valence-corrected chi connectivity index (χ0v) is 17.0. The van der Waals surface area contributed by atoms with E-state index in [4.69, 9.17) is 9.47 Å². The van der Waals surface area contributed by atoms with Gasteiger partial charge in [0.1, 0.15) is 11.5 Å². The number of methoxy groups -OCH3 is 1. The topological polar surface area (TPSA) is 104 Å². The number of nitrogens with zero attached hydrogens (tertiary/aromatic N) is 4. The second-order valence-corrected chi connectivity index (χ2v) is 7.24. The molecule has 2 aromatic carbocycles. The van der Waals surface area contributed by atoms with E-state index in [0.717, 1.165) is 47.3 Å². The van der Waals surface area contributed by atoms with Crippen LogP contribution in [0.3, 0.4) is 0 Å². The van der Waals surface area contributed by atoms with Crippen molar-refractivity contribution in [3.05, 3.63) is 64.7 Å². The first-order valence-corrected chi connectivity index (χ1v) is 9.92. The van der Waals surface area contributed by atoms with Gasteiger partial charge in [-0.15, -0.1) is 0 Å². The number of ether oxygens (including phenoxy) is 2. The van der Waals surface area contributed by atoms with Crippen LogP contribution < -0.4 is 14.8 Å². The summed E-state index contributed by atoms with van der Waals surface area (Å²) in [6.45, 7) is 1.50. The third kappa shape index (κ3) is 3.35. The van der Waals surface area contributed by atoms with Crippen LogP contribution in [0, 0.1) is 15.9 Å². The Bertz CT molecular complexity index is 1350. The lowest BCUT2D eigenvalue weighted by molar-refractivity contribution is -0.387. The summed E-state index contributed by atoms with van der Waals surface area (Å²) >= 11 is 0. The van der Waals surface area contributed by atoms with E-state index in [-0.39, 0.29) is 17.4 Å². The minimum Gasteiger partial charge on any atom is -0.494 e. The van der Waals surface area contributed by atoms with E-state index in [1.807, 2.05) is 24.4 Å². The Morgan fingerprint density at radius 2 is 2.19 bits per heavy atom. The van der Waals surface area contributed by atoms with Gasteiger partial charge in [0.2, 0.25) is 11.8 Å². The molecule has 9 nitrogen and oxygen atoms in total. The molecule has 10 heteroatoms. The molecule has 0 fully saturated rings. The molecule has 0 radical (unpaired) electrons. The first-order valence-electron chi connectivity index (χ1n) is 9.92. The van der Waals surface area contributed by atoms with Crippen molar-refractivity contribution in [1.82, 2.24) is 14.5 Å². The number of nitro groups is 1. The summed E-state index contributed by atoms with van der Waals surface area (Å²) in [4.78, 5) is 19.1. The van der Waals surface area contributed by atoms with E-state index in [0.29, 0.717) is 12.3 Å². The second kappa shape index (κ2) is 7.80. The van der Waals surface area contributed by atoms with E-state index in [1.54, 1.807) is 12.3 Å². The first kappa shape index (κ1) is 19.7. The predicted molar refractivity (Wildman–Crippen MR) is 116 cm³/mol. The molecule has 1 N–H and O–H groups in total. The van der Waals surface area contributed by atoms with E-state index in [9.17, 15) is 14.5 Å². The molecule has 32 heavy (non-hydrogen) atoms. The maximum atomic E-state index is 13.9. The molecule has 5 rings (SSSR count). The van der Waals surface area contributed by atoms with Gasteiger partial charge in [-0.1, -0.05) is 12.1 Å². The van der Waals surface area contributed by atoms with Gasteiger partial charge in [-0.25, -0.2) is 9.97 Å². The number of halogens is 1. The number of benzene rings is 2. The molecule has 0 spiro atoms. The average Bonchev–Trinajstić information content (AvgIpc) is 3.04. The molecular formula is C22H18FN5O4. The third-order valence-electron chi connectivity index (χ3n) is 5.31. The second-order valence-electron chi connectivity index (χ2n) is 7.24. The lowest BCUT2D eigenvalue weighted by Crippen LogP contribution is -2.02. The summed E-state index contributed by atoms with van der Waals surface area (Å²) in [7, 11) is 1.35. The lowest BCUT2D eigenvalue weighted by Gasteiger charge is -2.11. The Kier molecular flexibility index (Phi) is 4.81. The third-order valence-corrected chi connectivity index (χ3v) is 5.31. The molecule has 3 heterocycles. The van der Waals surface area contributed by atoms with Crippen molar-refractivity contribution in [2.24, 2.45) is 0 Å². The SMILES string of the molecule is COc1cc(F)c([N+](=O)[O-])cc1Nc1nccc(-c2cn3c4c(cccc24)OCCC3)n1. The number of hydrogen-bond donors (Lipinski definition) is 1. The Balaban J connectivity index is 1.56. The monoisotopic (exact) mass is 435 g/mol. The smallest absolute Gasteiger partial charge is 0.307 e. The Labute approximate surface area is 181 Å². The van der Waals surface area contributed by atoms with Gasteiger partial charge in [-0.3, -0.25) is 10.1 Å². The molecule has 1 aliphatic rings. The predicted octanol–water partition coefficient (Wildman–Crippen LogP) is 4.68. The molecule has 2 aromatic heterocycles. The summed E-state index contributed by atoms with van der Waals surface area (Å²) in [6, 6.07) is 9.72. The van der Waals surface area contributed by atoms with Crippen LogP contribution in [0.25, 0.3) is 22.2 Å². The average molecular weight is 435 g/mol. The molecule has 0 saturated heterocycles. The molecule has 0 atom stereocenters. The van der Waals surface area contributed by atoms with Crippen LogP contribution in [-0.2, 0) is 6.54 Å². The summed E-state index contributed by atoms with van der Waals surface area (Å²) in [5, 5.41) is 15.0. The molecule has 162 valence electrons. The van der Waals surface area contributed by atoms with Gasteiger partial charge < -0.3 is 19.4 Å². The van der Waals surface area contributed by atoms with Crippen molar-refractivity contribution in [1.29, 1.82) is 0 Å². The fourth-order valence-corrected chi connectivity index (χ4v) is 3.88. The van der Waals surface area contributed by atoms with Gasteiger partial charge in [-0.05, 0) is 18.6 Å². The normalized spacial score (nSPS) is 12.8. The molecule has 4 aromatic rings. The highest BCUT2D eigenvalue weighted by molar-refractivity contribution is 5.98. The van der Waals surface area contributed by atoms with E-state index < -0.39 is 16.4 Å². The van der Waals surface area contributed by atoms with Gasteiger partial charge in [0.05, 0.1) is 35.5 Å². The van der Waals surface area contributed by atoms with E-state index >= 15 is 0 Å². The zero-order chi connectivity index (χ0) is 22.2. The number of para-hydroxylation sites is 1. The Morgan fingerprint density at radius 1 is 1.31 bits per heavy atom. The first-order chi connectivity index (χ1) is 15.5. The van der Waals surface area contributed by atoms with Crippen LogP contribution in [-0.4, -0.2) is 33.2 Å². The highest BCUT2D eigenvalue weighted by Crippen LogP contribution is 2.37. The van der Waals surface area contributed by atoms with E-state index in [1.165, 1.54) is 7.11 Å². The Hall–Kier alpha value is -4.21. The van der Waals surface area contributed by atoms with Crippen molar-refractivity contribution < 1.29 is 18.8 Å². The van der Waals surface area contributed by atoms with Crippen LogP contribution in [0.5, 0.6) is 11.5 Å². The summed E-state index contributed by atoms with van der Waals surface area (Å²) in [5.74, 6) is 0.145. The molecule has 0 saturated carbocycles. The summed E-state index contributed by atoms with van der Waals surface area (Å²) in [5.41, 5.74) is 2.11. The van der Waals surface area contributed by atoms with Crippen molar-refractivity contribution in [3.8, 4) is 22.8 Å². The van der Waals surface area contributed by atoms with Crippen LogP contribution in [0.1, 0.15) is 6.42 Å². The maximum Gasteiger partial charge on any atom is 0.307 e. The molecule has 0 unspecified atom stereocenters. The number of aromatic nitrogens is 3. The maximum absolute atomic E-state index is 13.9. The fraction of sp³-hybridized carbons (Fsp3) is 0.182. The summed E-state index contributed by atoms with van der Waals surface area (Å²) < 4.78 is 27.1. The lowest BCUT2D eigenvalue weighted by atomic mass is 10.1. The van der Waals surface area contributed by atoms with E-state index in [2.05, 4.69) is 19.9 Å². The number of anilines is 2.